The molecule has 5 nitrogen and oxygen atoms in total. The highest BCUT2D eigenvalue weighted by molar-refractivity contribution is 7.89. The molecule has 0 bridgehead atoms. The van der Waals surface area contributed by atoms with Gasteiger partial charge in [-0.05, 0) is 30.5 Å². The van der Waals surface area contributed by atoms with Gasteiger partial charge in [-0.15, -0.1) is 0 Å². The van der Waals surface area contributed by atoms with Crippen LogP contribution >= 0.6 is 0 Å². The smallest absolute Gasteiger partial charge is 0.269 e. The second kappa shape index (κ2) is 7.19. The summed E-state index contributed by atoms with van der Waals surface area (Å²) in [6, 6.07) is 14.3. The first-order valence-corrected chi connectivity index (χ1v) is 9.26. The summed E-state index contributed by atoms with van der Waals surface area (Å²) >= 11 is 0. The van der Waals surface area contributed by atoms with E-state index in [0.717, 1.165) is 33.9 Å². The second-order valence-electron chi connectivity index (χ2n) is 6.22. The summed E-state index contributed by atoms with van der Waals surface area (Å²) in [7, 11) is 2.62. The van der Waals surface area contributed by atoms with Crippen molar-refractivity contribution in [1.29, 1.82) is 0 Å². The number of hydrogen-bond acceptors (Lipinski definition) is 4. The van der Waals surface area contributed by atoms with Crippen LogP contribution in [0.4, 0.5) is 11.4 Å². The molecule has 0 heterocycles. The highest BCUT2D eigenvalue weighted by atomic mass is 32.2. The van der Waals surface area contributed by atoms with Crippen molar-refractivity contribution in [3.8, 4) is 0 Å². The maximum Gasteiger partial charge on any atom is 0.269 e. The molecule has 0 radical (unpaired) electrons. The lowest BCUT2D eigenvalue weighted by Crippen LogP contribution is -2.13. The maximum absolute atomic E-state index is 13.2. The molecule has 0 saturated heterocycles. The lowest BCUT2D eigenvalue weighted by molar-refractivity contribution is -0.384. The van der Waals surface area contributed by atoms with E-state index in [1.807, 2.05) is 43.3 Å². The number of hydrogen-bond donors (Lipinski definition) is 0. The molecule has 2 atom stereocenters. The number of benzene rings is 2. The van der Waals surface area contributed by atoms with Crippen LogP contribution in [0.5, 0.6) is 0 Å². The number of non-ortho nitro benzene ring substituents is 1. The predicted octanol–water partition coefficient (Wildman–Crippen LogP) is 4.23. The van der Waals surface area contributed by atoms with Crippen molar-refractivity contribution in [2.24, 2.45) is 0 Å². The lowest BCUT2D eigenvalue weighted by Gasteiger charge is -2.20. The largest absolute Gasteiger partial charge is 0.377 e. The van der Waals surface area contributed by atoms with Gasteiger partial charge in [0.15, 0.2) is 0 Å². The van der Waals surface area contributed by atoms with Gasteiger partial charge in [0.2, 0.25) is 0 Å². The van der Waals surface area contributed by atoms with Crippen LogP contribution in [0.25, 0.3) is 0 Å². The average Bonchev–Trinajstić information content (AvgIpc) is 3.10. The molecule has 0 aromatic heterocycles. The molecule has 0 aliphatic heterocycles. The minimum absolute atomic E-state index is 0.0388. The van der Waals surface area contributed by atoms with Crippen molar-refractivity contribution in [3.63, 3.8) is 0 Å². The van der Waals surface area contributed by atoms with Crippen molar-refractivity contribution < 1.29 is 9.13 Å². The molecule has 2 aromatic rings. The summed E-state index contributed by atoms with van der Waals surface area (Å²) in [6.45, 7) is 0. The summed E-state index contributed by atoms with van der Waals surface area (Å²) in [5.41, 5.74) is 1.99. The molecule has 1 unspecified atom stereocenters. The Morgan fingerprint density at radius 3 is 2.44 bits per heavy atom. The summed E-state index contributed by atoms with van der Waals surface area (Å²) < 4.78 is 13.2. The Hall–Kier alpha value is -2.47. The molecule has 2 aromatic carbocycles. The van der Waals surface area contributed by atoms with Crippen LogP contribution in [-0.4, -0.2) is 23.2 Å². The molecule has 0 fully saturated rings. The Morgan fingerprint density at radius 2 is 1.80 bits per heavy atom. The molecule has 3 rings (SSSR count). The van der Waals surface area contributed by atoms with Crippen LogP contribution in [0.3, 0.4) is 0 Å². The van der Waals surface area contributed by atoms with Crippen molar-refractivity contribution in [1.82, 2.24) is 0 Å². The number of nitro benzene ring substituents is 1. The number of allylic oxidation sites excluding steroid dienone is 2. The van der Waals surface area contributed by atoms with Gasteiger partial charge in [-0.2, -0.15) is 0 Å². The minimum Gasteiger partial charge on any atom is -0.377 e. The maximum atomic E-state index is 13.2. The Labute approximate surface area is 149 Å². The molecule has 0 amide bonds. The van der Waals surface area contributed by atoms with E-state index in [9.17, 15) is 14.3 Å². The molecule has 0 saturated carbocycles. The van der Waals surface area contributed by atoms with Crippen LogP contribution < -0.4 is 4.90 Å². The Balaban J connectivity index is 1.92. The zero-order valence-electron chi connectivity index (χ0n) is 14.2. The van der Waals surface area contributed by atoms with E-state index in [-0.39, 0.29) is 11.6 Å². The first kappa shape index (κ1) is 17.4. The molecular formula is C19H20N2O3S. The Kier molecular flexibility index (Phi) is 4.99. The van der Waals surface area contributed by atoms with Gasteiger partial charge in [0.1, 0.15) is 0 Å². The van der Waals surface area contributed by atoms with Gasteiger partial charge in [0.25, 0.3) is 5.69 Å². The van der Waals surface area contributed by atoms with E-state index < -0.39 is 15.7 Å². The lowest BCUT2D eigenvalue weighted by atomic mass is 9.98. The van der Waals surface area contributed by atoms with Crippen LogP contribution in [0.1, 0.15) is 24.3 Å². The zero-order valence-corrected chi connectivity index (χ0v) is 15.0. The first-order valence-electron chi connectivity index (χ1n) is 8.11. The number of nitro groups is 1. The van der Waals surface area contributed by atoms with Crippen LogP contribution in [-0.2, 0) is 10.8 Å². The fourth-order valence-corrected chi connectivity index (χ4v) is 4.83. The number of rotatable bonds is 5. The van der Waals surface area contributed by atoms with Gasteiger partial charge in [-0.3, -0.25) is 10.1 Å². The summed E-state index contributed by atoms with van der Waals surface area (Å²) in [6.07, 6.45) is 3.80. The van der Waals surface area contributed by atoms with Gasteiger partial charge >= 0.3 is 0 Å². The molecule has 6 heteroatoms. The second-order valence-corrected chi connectivity index (χ2v) is 7.66. The van der Waals surface area contributed by atoms with E-state index >= 15 is 0 Å². The monoisotopic (exact) mass is 356 g/mol. The van der Waals surface area contributed by atoms with Gasteiger partial charge in [-0.1, -0.05) is 30.3 Å². The quantitative estimate of drug-likeness (QED) is 0.594. The van der Waals surface area contributed by atoms with Gasteiger partial charge in [0, 0.05) is 37.1 Å². The summed E-state index contributed by atoms with van der Waals surface area (Å²) in [5, 5.41) is 10.8. The first-order chi connectivity index (χ1) is 12.0. The molecular weight excluding hydrogens is 336 g/mol. The number of nitrogens with zero attached hydrogens (tertiary/aromatic N) is 2. The average molecular weight is 356 g/mol. The molecule has 1 aliphatic rings. The summed E-state index contributed by atoms with van der Waals surface area (Å²) in [5.74, 6) is 0.0388. The molecule has 25 heavy (non-hydrogen) atoms. The van der Waals surface area contributed by atoms with Crippen molar-refractivity contribution in [3.05, 3.63) is 75.2 Å². The Bertz CT molecular complexity index is 844. The van der Waals surface area contributed by atoms with E-state index in [1.165, 1.54) is 12.1 Å². The van der Waals surface area contributed by atoms with E-state index in [4.69, 9.17) is 0 Å². The van der Waals surface area contributed by atoms with Crippen LogP contribution in [0, 0.1) is 10.1 Å². The molecule has 130 valence electrons. The third-order valence-electron chi connectivity index (χ3n) is 4.41. The van der Waals surface area contributed by atoms with Crippen molar-refractivity contribution >= 4 is 22.2 Å². The zero-order chi connectivity index (χ0) is 18.0. The highest BCUT2D eigenvalue weighted by Crippen LogP contribution is 2.40. The number of para-hydroxylation sites is 1. The Morgan fingerprint density at radius 1 is 1.12 bits per heavy atom. The normalized spacial score (nSPS) is 17.8. The fraction of sp³-hybridized carbons (Fsp3) is 0.263. The predicted molar refractivity (Wildman–Crippen MR) is 100 cm³/mol. The SMILES string of the molecule is CN(C)c1ccccc1S(=O)C1=CCC[C@@H]1c1ccc([N+](=O)[O-])cc1. The number of anilines is 1. The molecule has 0 N–H and O–H groups in total. The molecule has 1 aliphatic carbocycles. The summed E-state index contributed by atoms with van der Waals surface area (Å²) in [4.78, 5) is 14.1. The van der Waals surface area contributed by atoms with Gasteiger partial charge < -0.3 is 4.90 Å². The molecule has 0 spiro atoms. The van der Waals surface area contributed by atoms with Crippen molar-refractivity contribution in [2.75, 3.05) is 19.0 Å². The highest BCUT2D eigenvalue weighted by Gasteiger charge is 2.28. The van der Waals surface area contributed by atoms with E-state index in [0.29, 0.717) is 0 Å². The minimum atomic E-state index is -1.25. The van der Waals surface area contributed by atoms with Gasteiger partial charge in [-0.25, -0.2) is 4.21 Å². The third-order valence-corrected chi connectivity index (χ3v) is 6.04. The van der Waals surface area contributed by atoms with E-state index in [2.05, 4.69) is 6.08 Å². The topological polar surface area (TPSA) is 63.5 Å². The van der Waals surface area contributed by atoms with Gasteiger partial charge in [0.05, 0.1) is 26.3 Å². The van der Waals surface area contributed by atoms with Crippen LogP contribution in [0.2, 0.25) is 0 Å². The fourth-order valence-electron chi connectivity index (χ4n) is 3.15. The van der Waals surface area contributed by atoms with Crippen LogP contribution in [0.15, 0.2) is 64.4 Å². The standard InChI is InChI=1S/C19H20N2O3S/c1-20(2)17-7-3-4-8-19(17)25(24)18-9-5-6-16(18)14-10-12-15(13-11-14)21(22)23/h3-4,7-13,16H,5-6H2,1-2H3/t16-,25?/m1/s1. The van der Waals surface area contributed by atoms with E-state index in [1.54, 1.807) is 12.1 Å². The van der Waals surface area contributed by atoms with Crippen molar-refractivity contribution in [2.45, 2.75) is 23.7 Å². The third kappa shape index (κ3) is 3.49.